The highest BCUT2D eigenvalue weighted by molar-refractivity contribution is 5.92. The van der Waals surface area contributed by atoms with Crippen molar-refractivity contribution in [2.75, 3.05) is 6.54 Å². The number of aliphatic imine (C=N–C) groups is 1. The Hall–Kier alpha value is -2.11. The van der Waals surface area contributed by atoms with Crippen LogP contribution in [-0.4, -0.2) is 53.5 Å². The smallest absolute Gasteiger partial charge is 0.241 e. The zero-order chi connectivity index (χ0) is 18.0. The van der Waals surface area contributed by atoms with Gasteiger partial charge in [0.15, 0.2) is 11.7 Å². The lowest BCUT2D eigenvalue weighted by Gasteiger charge is -2.24. The van der Waals surface area contributed by atoms with Crippen LogP contribution >= 0.6 is 0 Å². The Balaban J connectivity index is 4.80. The zero-order valence-corrected chi connectivity index (χ0v) is 14.1. The van der Waals surface area contributed by atoms with Crippen molar-refractivity contribution in [3.63, 3.8) is 0 Å². The van der Waals surface area contributed by atoms with E-state index in [4.69, 9.17) is 11.5 Å². The summed E-state index contributed by atoms with van der Waals surface area (Å²) in [5, 5.41) is 15.2. The van der Waals surface area contributed by atoms with Crippen LogP contribution in [0.25, 0.3) is 0 Å². The molecule has 0 aromatic carbocycles. The van der Waals surface area contributed by atoms with Gasteiger partial charge in [-0.3, -0.25) is 14.6 Å². The number of aliphatic hydroxyl groups is 1. The Morgan fingerprint density at radius 2 is 1.87 bits per heavy atom. The molecule has 3 atom stereocenters. The van der Waals surface area contributed by atoms with E-state index in [1.807, 2.05) is 13.8 Å². The largest absolute Gasteiger partial charge is 0.391 e. The summed E-state index contributed by atoms with van der Waals surface area (Å²) < 4.78 is 0. The number of carbonyl (C=O) groups excluding carboxylic acids is 2. The summed E-state index contributed by atoms with van der Waals surface area (Å²) in [5.74, 6) is 4.63. The number of nitrogens with one attached hydrogen (secondary N) is 2. The zero-order valence-electron chi connectivity index (χ0n) is 14.1. The van der Waals surface area contributed by atoms with Crippen molar-refractivity contribution in [2.24, 2.45) is 16.5 Å². The molecule has 7 N–H and O–H groups in total. The van der Waals surface area contributed by atoms with Crippen molar-refractivity contribution >= 4 is 17.6 Å². The molecular weight excluding hydrogens is 298 g/mol. The van der Waals surface area contributed by atoms with Crippen LogP contribution in [0.5, 0.6) is 0 Å². The molecule has 0 saturated carbocycles. The number of ketones is 1. The molecule has 130 valence electrons. The third kappa shape index (κ3) is 9.50. The van der Waals surface area contributed by atoms with Crippen molar-refractivity contribution in [1.29, 1.82) is 0 Å². The summed E-state index contributed by atoms with van der Waals surface area (Å²) >= 11 is 0. The van der Waals surface area contributed by atoms with Gasteiger partial charge in [-0.1, -0.05) is 25.7 Å². The van der Waals surface area contributed by atoms with Crippen LogP contribution in [0, 0.1) is 11.8 Å². The van der Waals surface area contributed by atoms with Crippen molar-refractivity contribution in [3.8, 4) is 11.8 Å². The van der Waals surface area contributed by atoms with Crippen molar-refractivity contribution in [1.82, 2.24) is 10.6 Å². The van der Waals surface area contributed by atoms with Crippen molar-refractivity contribution in [2.45, 2.75) is 58.3 Å². The number of nitrogens with two attached hydrogens (primary N) is 2. The van der Waals surface area contributed by atoms with Crippen LogP contribution < -0.4 is 22.1 Å². The van der Waals surface area contributed by atoms with E-state index in [-0.39, 0.29) is 17.8 Å². The highest BCUT2D eigenvalue weighted by Crippen LogP contribution is 1.97. The van der Waals surface area contributed by atoms with Crippen LogP contribution in [-0.2, 0) is 9.59 Å². The number of guanidine groups is 1. The Morgan fingerprint density at radius 1 is 1.26 bits per heavy atom. The second kappa shape index (κ2) is 10.6. The van der Waals surface area contributed by atoms with Crippen LogP contribution in [0.3, 0.4) is 0 Å². The number of hydrogen-bond donors (Lipinski definition) is 5. The molecule has 0 radical (unpaired) electrons. The maximum atomic E-state index is 12.2. The maximum absolute atomic E-state index is 12.2. The number of amides is 1. The first-order valence-electron chi connectivity index (χ1n) is 7.43. The first-order valence-corrected chi connectivity index (χ1v) is 7.43. The predicted molar refractivity (Wildman–Crippen MR) is 89.4 cm³/mol. The standard InChI is InChI=1S/C15H27N5O3/c1-9(2)19-13(11(4)22)14(23)20-12(10(3)21)7-5-6-8-18-15(16)17/h9,11-13,19,22H,6,8H2,1-4H3,(H,20,23)(H4,16,17,18)/t11?,12?,13-/m0/s1. The lowest BCUT2D eigenvalue weighted by atomic mass is 10.1. The number of hydrogen-bond acceptors (Lipinski definition) is 5. The summed E-state index contributed by atoms with van der Waals surface area (Å²) in [4.78, 5) is 27.6. The second-order valence-electron chi connectivity index (χ2n) is 5.47. The van der Waals surface area contributed by atoms with E-state index in [2.05, 4.69) is 27.5 Å². The van der Waals surface area contributed by atoms with E-state index < -0.39 is 24.1 Å². The molecule has 0 spiro atoms. The molecule has 8 nitrogen and oxygen atoms in total. The fourth-order valence-electron chi connectivity index (χ4n) is 1.68. The predicted octanol–water partition coefficient (Wildman–Crippen LogP) is -1.53. The number of aliphatic hydroxyl groups excluding tert-OH is 1. The van der Waals surface area contributed by atoms with E-state index in [0.717, 1.165) is 0 Å². The second-order valence-corrected chi connectivity index (χ2v) is 5.47. The molecule has 0 aromatic heterocycles. The first kappa shape index (κ1) is 20.9. The SMILES string of the molecule is CC(=O)C(C#CCCN=C(N)N)NC(=O)[C@@H](NC(C)C)C(C)O. The molecule has 0 bridgehead atoms. The minimum Gasteiger partial charge on any atom is -0.391 e. The Labute approximate surface area is 137 Å². The van der Waals surface area contributed by atoms with E-state index in [1.54, 1.807) is 0 Å². The lowest BCUT2D eigenvalue weighted by Crippen LogP contribution is -2.55. The van der Waals surface area contributed by atoms with Crippen LogP contribution in [0.2, 0.25) is 0 Å². The number of Topliss-reactive ketones (excluding diaryl/α,β-unsaturated/α-hetero) is 1. The first-order chi connectivity index (χ1) is 10.6. The molecule has 0 fully saturated rings. The minimum atomic E-state index is -0.933. The van der Waals surface area contributed by atoms with Gasteiger partial charge in [0.25, 0.3) is 0 Å². The Kier molecular flexibility index (Phi) is 9.62. The normalized spacial score (nSPS) is 14.2. The number of nitrogens with zero attached hydrogens (tertiary/aromatic N) is 1. The molecule has 0 rings (SSSR count). The Morgan fingerprint density at radius 3 is 2.30 bits per heavy atom. The van der Waals surface area contributed by atoms with Crippen LogP contribution in [0.15, 0.2) is 4.99 Å². The van der Waals surface area contributed by atoms with E-state index in [0.29, 0.717) is 13.0 Å². The number of carbonyl (C=O) groups is 2. The average Bonchev–Trinajstić information content (AvgIpc) is 2.41. The van der Waals surface area contributed by atoms with Gasteiger partial charge in [0, 0.05) is 12.5 Å². The molecule has 2 unspecified atom stereocenters. The summed E-state index contributed by atoms with van der Waals surface area (Å²) in [6.45, 7) is 6.87. The number of rotatable bonds is 8. The van der Waals surface area contributed by atoms with Crippen molar-refractivity contribution < 1.29 is 14.7 Å². The van der Waals surface area contributed by atoms with Gasteiger partial charge < -0.3 is 27.2 Å². The van der Waals surface area contributed by atoms with E-state index in [9.17, 15) is 14.7 Å². The molecule has 0 aromatic rings. The monoisotopic (exact) mass is 325 g/mol. The summed E-state index contributed by atoms with van der Waals surface area (Å²) in [6, 6.07) is -1.75. The molecule has 0 aliphatic rings. The van der Waals surface area contributed by atoms with Gasteiger partial charge in [-0.15, -0.1) is 0 Å². The molecule has 0 aliphatic carbocycles. The van der Waals surface area contributed by atoms with Gasteiger partial charge in [-0.05, 0) is 13.8 Å². The molecular formula is C15H27N5O3. The average molecular weight is 325 g/mol. The third-order valence-electron chi connectivity index (χ3n) is 2.75. The van der Waals surface area contributed by atoms with Gasteiger partial charge in [0.1, 0.15) is 12.1 Å². The molecule has 0 saturated heterocycles. The highest BCUT2D eigenvalue weighted by Gasteiger charge is 2.26. The van der Waals surface area contributed by atoms with Crippen molar-refractivity contribution in [3.05, 3.63) is 0 Å². The highest BCUT2D eigenvalue weighted by atomic mass is 16.3. The fraction of sp³-hybridized carbons (Fsp3) is 0.667. The van der Waals surface area contributed by atoms with Crippen LogP contribution in [0.1, 0.15) is 34.1 Å². The topological polar surface area (TPSA) is 143 Å². The van der Waals surface area contributed by atoms with Gasteiger partial charge in [0.05, 0.1) is 12.6 Å². The summed E-state index contributed by atoms with van der Waals surface area (Å²) in [5.41, 5.74) is 10.4. The minimum absolute atomic E-state index is 0.00166. The van der Waals surface area contributed by atoms with E-state index >= 15 is 0 Å². The van der Waals surface area contributed by atoms with Gasteiger partial charge in [-0.2, -0.15) is 0 Å². The molecule has 0 heterocycles. The fourth-order valence-corrected chi connectivity index (χ4v) is 1.68. The summed E-state index contributed by atoms with van der Waals surface area (Å²) in [7, 11) is 0. The maximum Gasteiger partial charge on any atom is 0.241 e. The molecule has 0 aliphatic heterocycles. The van der Waals surface area contributed by atoms with Gasteiger partial charge >= 0.3 is 0 Å². The lowest BCUT2D eigenvalue weighted by molar-refractivity contribution is -0.129. The van der Waals surface area contributed by atoms with Gasteiger partial charge in [0.2, 0.25) is 5.91 Å². The third-order valence-corrected chi connectivity index (χ3v) is 2.75. The van der Waals surface area contributed by atoms with Crippen LogP contribution in [0.4, 0.5) is 0 Å². The quantitative estimate of drug-likeness (QED) is 0.159. The molecule has 1 amide bonds. The molecule has 23 heavy (non-hydrogen) atoms. The van der Waals surface area contributed by atoms with E-state index in [1.165, 1.54) is 13.8 Å². The molecule has 8 heteroatoms. The van der Waals surface area contributed by atoms with Gasteiger partial charge in [-0.25, -0.2) is 0 Å². The summed E-state index contributed by atoms with van der Waals surface area (Å²) in [6.07, 6.45) is -0.540. The Bertz CT molecular complexity index is 487.